The largest absolute Gasteiger partial charge is 0.416 e. The second kappa shape index (κ2) is 5.72. The van der Waals surface area contributed by atoms with E-state index in [4.69, 9.17) is 5.73 Å². The van der Waals surface area contributed by atoms with Gasteiger partial charge in [-0.25, -0.2) is 4.98 Å². The van der Waals surface area contributed by atoms with Crippen LogP contribution in [0.3, 0.4) is 0 Å². The molecule has 0 aliphatic heterocycles. The highest BCUT2D eigenvalue weighted by Gasteiger charge is 2.31. The fourth-order valence-electron chi connectivity index (χ4n) is 1.53. The summed E-state index contributed by atoms with van der Waals surface area (Å²) in [6.07, 6.45) is -3.24. The van der Waals surface area contributed by atoms with Crippen LogP contribution in [0.1, 0.15) is 15.9 Å². The number of benzene rings is 1. The molecule has 1 aromatic heterocycles. The number of pyridine rings is 1. The van der Waals surface area contributed by atoms with E-state index in [1.165, 1.54) is 24.4 Å². The zero-order chi connectivity index (χ0) is 15.6. The third kappa shape index (κ3) is 3.72. The van der Waals surface area contributed by atoms with Gasteiger partial charge in [0.25, 0.3) is 5.91 Å². The third-order valence-electron chi connectivity index (χ3n) is 2.59. The topological polar surface area (TPSA) is 68.0 Å². The fourth-order valence-corrected chi connectivity index (χ4v) is 1.88. The summed E-state index contributed by atoms with van der Waals surface area (Å²) >= 11 is 3.09. The Kier molecular flexibility index (Phi) is 4.17. The van der Waals surface area contributed by atoms with E-state index >= 15 is 0 Å². The van der Waals surface area contributed by atoms with Crippen LogP contribution in [0.2, 0.25) is 0 Å². The van der Waals surface area contributed by atoms with Crippen LogP contribution in [0.15, 0.2) is 41.0 Å². The highest BCUT2D eigenvalue weighted by molar-refractivity contribution is 9.10. The number of amides is 1. The molecule has 0 unspecified atom stereocenters. The van der Waals surface area contributed by atoms with Crippen molar-refractivity contribution in [3.8, 4) is 0 Å². The lowest BCUT2D eigenvalue weighted by Gasteiger charge is -2.11. The van der Waals surface area contributed by atoms with Gasteiger partial charge in [0.1, 0.15) is 5.82 Å². The summed E-state index contributed by atoms with van der Waals surface area (Å²) in [5.74, 6) is -0.339. The number of hydrogen-bond acceptors (Lipinski definition) is 3. The maximum absolute atomic E-state index is 12.7. The Morgan fingerprint density at radius 2 is 1.95 bits per heavy atom. The standard InChI is InChI=1S/C13H9BrF3N3O/c14-9-3-2-8(13(15,16)17)5-10(9)20-12(21)7-1-4-11(18)19-6-7/h1-6H,(H2,18,19)(H,20,21). The molecular weight excluding hydrogens is 351 g/mol. The van der Waals surface area contributed by atoms with Gasteiger partial charge in [-0.1, -0.05) is 0 Å². The maximum Gasteiger partial charge on any atom is 0.416 e. The van der Waals surface area contributed by atoms with E-state index in [0.29, 0.717) is 4.47 Å². The number of halogens is 4. The SMILES string of the molecule is Nc1ccc(C(=O)Nc2cc(C(F)(F)F)ccc2Br)cn1. The number of aromatic nitrogens is 1. The van der Waals surface area contributed by atoms with Gasteiger partial charge >= 0.3 is 6.18 Å². The molecule has 3 N–H and O–H groups in total. The molecule has 8 heteroatoms. The molecule has 0 fully saturated rings. The molecule has 0 bridgehead atoms. The van der Waals surface area contributed by atoms with E-state index in [1.807, 2.05) is 0 Å². The smallest absolute Gasteiger partial charge is 0.384 e. The van der Waals surface area contributed by atoms with E-state index in [-0.39, 0.29) is 17.1 Å². The van der Waals surface area contributed by atoms with Gasteiger partial charge in [0.05, 0.1) is 16.8 Å². The average Bonchev–Trinajstić information content (AvgIpc) is 2.40. The summed E-state index contributed by atoms with van der Waals surface area (Å²) in [7, 11) is 0. The first-order valence-electron chi connectivity index (χ1n) is 5.67. The van der Waals surface area contributed by atoms with Crippen LogP contribution in [-0.4, -0.2) is 10.9 Å². The average molecular weight is 360 g/mol. The van der Waals surface area contributed by atoms with Crippen molar-refractivity contribution >= 4 is 33.3 Å². The molecule has 4 nitrogen and oxygen atoms in total. The van der Waals surface area contributed by atoms with Crippen LogP contribution < -0.4 is 11.1 Å². The van der Waals surface area contributed by atoms with Crippen LogP contribution in [0.4, 0.5) is 24.7 Å². The van der Waals surface area contributed by atoms with Gasteiger partial charge in [0.15, 0.2) is 0 Å². The summed E-state index contributed by atoms with van der Waals surface area (Å²) in [6.45, 7) is 0. The van der Waals surface area contributed by atoms with Gasteiger partial charge in [-0.3, -0.25) is 4.79 Å². The van der Waals surface area contributed by atoms with E-state index in [0.717, 1.165) is 12.1 Å². The Morgan fingerprint density at radius 3 is 2.52 bits per heavy atom. The summed E-state index contributed by atoms with van der Waals surface area (Å²) in [5, 5.41) is 2.39. The second-order valence-corrected chi connectivity index (χ2v) is 4.97. The van der Waals surface area contributed by atoms with Gasteiger partial charge in [-0.2, -0.15) is 13.2 Å². The molecule has 0 atom stereocenters. The fraction of sp³-hybridized carbons (Fsp3) is 0.0769. The third-order valence-corrected chi connectivity index (χ3v) is 3.28. The van der Waals surface area contributed by atoms with Crippen molar-refractivity contribution in [2.24, 2.45) is 0 Å². The first-order chi connectivity index (χ1) is 9.77. The van der Waals surface area contributed by atoms with Crippen molar-refractivity contribution < 1.29 is 18.0 Å². The Morgan fingerprint density at radius 1 is 1.24 bits per heavy atom. The molecule has 2 rings (SSSR count). The van der Waals surface area contributed by atoms with E-state index < -0.39 is 17.6 Å². The Bertz CT molecular complexity index is 671. The minimum Gasteiger partial charge on any atom is -0.384 e. The van der Waals surface area contributed by atoms with Gasteiger partial charge in [0, 0.05) is 10.7 Å². The van der Waals surface area contributed by atoms with E-state index in [1.54, 1.807) is 0 Å². The summed E-state index contributed by atoms with van der Waals surface area (Å²) in [4.78, 5) is 15.7. The van der Waals surface area contributed by atoms with Gasteiger partial charge in [-0.15, -0.1) is 0 Å². The van der Waals surface area contributed by atoms with Crippen molar-refractivity contribution in [3.63, 3.8) is 0 Å². The molecule has 1 heterocycles. The van der Waals surface area contributed by atoms with Crippen LogP contribution in [-0.2, 0) is 6.18 Å². The predicted octanol–water partition coefficient (Wildman–Crippen LogP) is 3.70. The molecule has 2 aromatic rings. The number of carbonyl (C=O) groups is 1. The van der Waals surface area contributed by atoms with Crippen LogP contribution >= 0.6 is 15.9 Å². The van der Waals surface area contributed by atoms with Gasteiger partial charge in [0.2, 0.25) is 0 Å². The molecule has 0 aliphatic carbocycles. The van der Waals surface area contributed by atoms with Crippen molar-refractivity contribution in [2.75, 3.05) is 11.1 Å². The van der Waals surface area contributed by atoms with E-state index in [2.05, 4.69) is 26.2 Å². The number of anilines is 2. The molecule has 1 aromatic carbocycles. The number of carbonyl (C=O) groups excluding carboxylic acids is 1. The number of nitrogen functional groups attached to an aromatic ring is 1. The van der Waals surface area contributed by atoms with Crippen molar-refractivity contribution in [2.45, 2.75) is 6.18 Å². The Labute approximate surface area is 126 Å². The van der Waals surface area contributed by atoms with Crippen LogP contribution in [0.5, 0.6) is 0 Å². The molecular formula is C13H9BrF3N3O. The van der Waals surface area contributed by atoms with Crippen LogP contribution in [0, 0.1) is 0 Å². The number of nitrogens with zero attached hydrogens (tertiary/aromatic N) is 1. The number of alkyl halides is 3. The number of rotatable bonds is 2. The normalized spacial score (nSPS) is 11.2. The quantitative estimate of drug-likeness (QED) is 0.858. The molecule has 21 heavy (non-hydrogen) atoms. The lowest BCUT2D eigenvalue weighted by molar-refractivity contribution is -0.137. The Hall–Kier alpha value is -2.09. The van der Waals surface area contributed by atoms with Gasteiger partial charge < -0.3 is 11.1 Å². The minimum atomic E-state index is -4.48. The lowest BCUT2D eigenvalue weighted by Crippen LogP contribution is -2.14. The Balaban J connectivity index is 2.26. The summed E-state index contributed by atoms with van der Waals surface area (Å²) in [5.41, 5.74) is 4.75. The highest BCUT2D eigenvalue weighted by Crippen LogP contribution is 2.34. The molecule has 0 radical (unpaired) electrons. The zero-order valence-electron chi connectivity index (χ0n) is 10.4. The first-order valence-corrected chi connectivity index (χ1v) is 6.46. The molecule has 1 amide bonds. The van der Waals surface area contributed by atoms with Crippen molar-refractivity contribution in [3.05, 3.63) is 52.1 Å². The highest BCUT2D eigenvalue weighted by atomic mass is 79.9. The molecule has 0 saturated carbocycles. The summed E-state index contributed by atoms with van der Waals surface area (Å²) in [6, 6.07) is 5.85. The maximum atomic E-state index is 12.7. The second-order valence-electron chi connectivity index (χ2n) is 4.12. The zero-order valence-corrected chi connectivity index (χ0v) is 12.0. The van der Waals surface area contributed by atoms with Gasteiger partial charge in [-0.05, 0) is 46.3 Å². The lowest BCUT2D eigenvalue weighted by atomic mass is 10.2. The predicted molar refractivity (Wildman–Crippen MR) is 75.7 cm³/mol. The molecule has 0 saturated heterocycles. The van der Waals surface area contributed by atoms with Crippen LogP contribution in [0.25, 0.3) is 0 Å². The first kappa shape index (κ1) is 15.3. The molecule has 0 spiro atoms. The monoisotopic (exact) mass is 359 g/mol. The molecule has 110 valence electrons. The van der Waals surface area contributed by atoms with Crippen molar-refractivity contribution in [1.29, 1.82) is 0 Å². The minimum absolute atomic E-state index is 0.0200. The summed E-state index contributed by atoms with van der Waals surface area (Å²) < 4.78 is 38.3. The number of nitrogens with two attached hydrogens (primary N) is 1. The molecule has 0 aliphatic rings. The van der Waals surface area contributed by atoms with E-state index in [9.17, 15) is 18.0 Å². The van der Waals surface area contributed by atoms with Crippen molar-refractivity contribution in [1.82, 2.24) is 4.98 Å². The number of hydrogen-bond donors (Lipinski definition) is 2. The number of nitrogens with one attached hydrogen (secondary N) is 1.